The van der Waals surface area contributed by atoms with Crippen LogP contribution in [-0.2, 0) is 17.6 Å². The van der Waals surface area contributed by atoms with Gasteiger partial charge in [-0.3, -0.25) is 4.79 Å². The first-order valence-corrected chi connectivity index (χ1v) is 7.94. The molecule has 0 aliphatic rings. The average Bonchev–Trinajstić information content (AvgIpc) is 2.61. The lowest BCUT2D eigenvalue weighted by Crippen LogP contribution is -2.31. The minimum atomic E-state index is -0.0144. The summed E-state index contributed by atoms with van der Waals surface area (Å²) in [5, 5.41) is 6.05. The molecule has 2 aromatic rings. The Morgan fingerprint density at radius 2 is 1.83 bits per heavy atom. The molecule has 0 bridgehead atoms. The molecular formula is C19H24N2O2. The number of methoxy groups -OCH3 is 1. The van der Waals surface area contributed by atoms with Crippen LogP contribution in [0.2, 0.25) is 0 Å². The Bertz CT molecular complexity index is 624. The van der Waals surface area contributed by atoms with Gasteiger partial charge in [0, 0.05) is 12.2 Å². The van der Waals surface area contributed by atoms with Crippen LogP contribution in [0.5, 0.6) is 5.75 Å². The summed E-state index contributed by atoms with van der Waals surface area (Å²) >= 11 is 0. The van der Waals surface area contributed by atoms with E-state index in [4.69, 9.17) is 4.74 Å². The minimum Gasteiger partial charge on any atom is -0.496 e. The van der Waals surface area contributed by atoms with Gasteiger partial charge in [0.05, 0.1) is 13.7 Å². The molecule has 0 unspecified atom stereocenters. The van der Waals surface area contributed by atoms with E-state index in [1.807, 2.05) is 36.4 Å². The van der Waals surface area contributed by atoms with Crippen molar-refractivity contribution in [2.75, 3.05) is 25.5 Å². The lowest BCUT2D eigenvalue weighted by molar-refractivity contribution is -0.119. The Labute approximate surface area is 137 Å². The topological polar surface area (TPSA) is 50.4 Å². The van der Waals surface area contributed by atoms with Crippen LogP contribution in [0.3, 0.4) is 0 Å². The number of para-hydroxylation sites is 1. The van der Waals surface area contributed by atoms with Gasteiger partial charge in [-0.25, -0.2) is 0 Å². The third-order valence-electron chi connectivity index (χ3n) is 3.72. The number of anilines is 1. The zero-order chi connectivity index (χ0) is 16.5. The summed E-state index contributed by atoms with van der Waals surface area (Å²) in [4.78, 5) is 11.9. The van der Waals surface area contributed by atoms with Crippen molar-refractivity contribution >= 4 is 11.6 Å². The van der Waals surface area contributed by atoms with Gasteiger partial charge in [0.1, 0.15) is 5.75 Å². The van der Waals surface area contributed by atoms with Crippen molar-refractivity contribution < 1.29 is 9.53 Å². The molecule has 2 rings (SSSR count). The molecule has 0 saturated heterocycles. The molecule has 0 radical (unpaired) electrons. The summed E-state index contributed by atoms with van der Waals surface area (Å²) in [6, 6.07) is 16.0. The molecule has 1 amide bonds. The van der Waals surface area contributed by atoms with E-state index in [1.165, 1.54) is 5.56 Å². The molecule has 0 aliphatic heterocycles. The number of ether oxygens (including phenoxy) is 1. The fourth-order valence-electron chi connectivity index (χ4n) is 2.35. The van der Waals surface area contributed by atoms with E-state index in [2.05, 4.69) is 29.7 Å². The Morgan fingerprint density at radius 3 is 2.52 bits per heavy atom. The molecule has 122 valence electrons. The van der Waals surface area contributed by atoms with E-state index in [9.17, 15) is 4.79 Å². The molecule has 4 nitrogen and oxygen atoms in total. The normalized spacial score (nSPS) is 10.2. The maximum absolute atomic E-state index is 11.9. The lowest BCUT2D eigenvalue weighted by Gasteiger charge is -2.10. The number of amides is 1. The van der Waals surface area contributed by atoms with E-state index in [0.29, 0.717) is 6.54 Å². The maximum Gasteiger partial charge on any atom is 0.239 e. The molecular weight excluding hydrogens is 288 g/mol. The fourth-order valence-corrected chi connectivity index (χ4v) is 2.35. The van der Waals surface area contributed by atoms with Crippen LogP contribution in [0.15, 0.2) is 48.5 Å². The van der Waals surface area contributed by atoms with Gasteiger partial charge in [-0.1, -0.05) is 37.3 Å². The number of hydrogen-bond donors (Lipinski definition) is 2. The van der Waals surface area contributed by atoms with Gasteiger partial charge in [-0.15, -0.1) is 0 Å². The zero-order valence-electron chi connectivity index (χ0n) is 13.8. The van der Waals surface area contributed by atoms with Crippen molar-refractivity contribution in [2.24, 2.45) is 0 Å². The van der Waals surface area contributed by atoms with Crippen LogP contribution in [0.4, 0.5) is 5.69 Å². The summed E-state index contributed by atoms with van der Waals surface area (Å²) < 4.78 is 5.30. The predicted molar refractivity (Wildman–Crippen MR) is 94.0 cm³/mol. The molecule has 4 heteroatoms. The van der Waals surface area contributed by atoms with Crippen LogP contribution >= 0.6 is 0 Å². The van der Waals surface area contributed by atoms with Crippen molar-refractivity contribution in [1.82, 2.24) is 5.32 Å². The molecule has 0 fully saturated rings. The number of hydrogen-bond acceptors (Lipinski definition) is 3. The summed E-state index contributed by atoms with van der Waals surface area (Å²) in [5.74, 6) is 0.843. The fraction of sp³-hybridized carbons (Fsp3) is 0.316. The lowest BCUT2D eigenvalue weighted by atomic mass is 10.1. The van der Waals surface area contributed by atoms with Gasteiger partial charge in [0.2, 0.25) is 5.91 Å². The maximum atomic E-state index is 11.9. The minimum absolute atomic E-state index is 0.0144. The zero-order valence-corrected chi connectivity index (χ0v) is 13.8. The SMILES string of the molecule is CCc1ccc(NCC(=O)NCCc2ccccc2OC)cc1. The molecule has 0 aliphatic carbocycles. The molecule has 0 atom stereocenters. The summed E-state index contributed by atoms with van der Waals surface area (Å²) in [6.45, 7) is 2.99. The van der Waals surface area contributed by atoms with E-state index in [0.717, 1.165) is 29.8 Å². The number of carbonyl (C=O) groups is 1. The predicted octanol–water partition coefficient (Wildman–Crippen LogP) is 3.03. The van der Waals surface area contributed by atoms with Crippen LogP contribution in [0.1, 0.15) is 18.1 Å². The van der Waals surface area contributed by atoms with Crippen LogP contribution in [0.25, 0.3) is 0 Å². The average molecular weight is 312 g/mol. The number of rotatable bonds is 8. The van der Waals surface area contributed by atoms with Gasteiger partial charge < -0.3 is 15.4 Å². The molecule has 2 N–H and O–H groups in total. The number of nitrogens with one attached hydrogen (secondary N) is 2. The first-order valence-electron chi connectivity index (χ1n) is 7.94. The van der Waals surface area contributed by atoms with Crippen molar-refractivity contribution in [3.05, 3.63) is 59.7 Å². The van der Waals surface area contributed by atoms with Gasteiger partial charge in [-0.2, -0.15) is 0 Å². The van der Waals surface area contributed by atoms with Gasteiger partial charge in [0.15, 0.2) is 0 Å². The van der Waals surface area contributed by atoms with Crippen molar-refractivity contribution in [2.45, 2.75) is 19.8 Å². The standard InChI is InChI=1S/C19H24N2O2/c1-3-15-8-10-17(11-9-15)21-14-19(22)20-13-12-16-6-4-5-7-18(16)23-2/h4-11,21H,3,12-14H2,1-2H3,(H,20,22). The van der Waals surface area contributed by atoms with E-state index in [1.54, 1.807) is 7.11 Å². The van der Waals surface area contributed by atoms with Gasteiger partial charge in [-0.05, 0) is 42.2 Å². The highest BCUT2D eigenvalue weighted by atomic mass is 16.5. The number of benzene rings is 2. The third kappa shape index (κ3) is 5.33. The first-order chi connectivity index (χ1) is 11.2. The van der Waals surface area contributed by atoms with E-state index in [-0.39, 0.29) is 12.5 Å². The Hall–Kier alpha value is -2.49. The second-order valence-corrected chi connectivity index (χ2v) is 5.32. The monoisotopic (exact) mass is 312 g/mol. The Balaban J connectivity index is 1.72. The van der Waals surface area contributed by atoms with Crippen molar-refractivity contribution in [1.29, 1.82) is 0 Å². The van der Waals surface area contributed by atoms with E-state index >= 15 is 0 Å². The van der Waals surface area contributed by atoms with Crippen LogP contribution in [-0.4, -0.2) is 26.1 Å². The Kier molecular flexibility index (Phi) is 6.48. The number of aryl methyl sites for hydroxylation is 1. The number of carbonyl (C=O) groups excluding carboxylic acids is 1. The summed E-state index contributed by atoms with van der Waals surface area (Å²) in [5.41, 5.74) is 3.34. The van der Waals surface area contributed by atoms with Gasteiger partial charge >= 0.3 is 0 Å². The Morgan fingerprint density at radius 1 is 1.09 bits per heavy atom. The third-order valence-corrected chi connectivity index (χ3v) is 3.72. The molecule has 23 heavy (non-hydrogen) atoms. The summed E-state index contributed by atoms with van der Waals surface area (Å²) in [7, 11) is 1.66. The van der Waals surface area contributed by atoms with E-state index < -0.39 is 0 Å². The smallest absolute Gasteiger partial charge is 0.239 e. The quantitative estimate of drug-likeness (QED) is 0.788. The van der Waals surface area contributed by atoms with Crippen LogP contribution < -0.4 is 15.4 Å². The molecule has 0 heterocycles. The first kappa shape index (κ1) is 16.9. The second kappa shape index (κ2) is 8.83. The molecule has 2 aromatic carbocycles. The van der Waals surface area contributed by atoms with Crippen molar-refractivity contribution in [3.63, 3.8) is 0 Å². The molecule has 0 saturated carbocycles. The molecule has 0 spiro atoms. The van der Waals surface area contributed by atoms with Gasteiger partial charge in [0.25, 0.3) is 0 Å². The molecule has 0 aromatic heterocycles. The largest absolute Gasteiger partial charge is 0.496 e. The highest BCUT2D eigenvalue weighted by molar-refractivity contribution is 5.80. The van der Waals surface area contributed by atoms with Crippen LogP contribution in [0, 0.1) is 0 Å². The second-order valence-electron chi connectivity index (χ2n) is 5.32. The highest BCUT2D eigenvalue weighted by Gasteiger charge is 2.04. The highest BCUT2D eigenvalue weighted by Crippen LogP contribution is 2.17. The van der Waals surface area contributed by atoms with Crippen molar-refractivity contribution in [3.8, 4) is 5.75 Å². The summed E-state index contributed by atoms with van der Waals surface area (Å²) in [6.07, 6.45) is 1.77.